The van der Waals surface area contributed by atoms with Crippen LogP contribution in [0.2, 0.25) is 0 Å². The van der Waals surface area contributed by atoms with Gasteiger partial charge in [0.15, 0.2) is 0 Å². The molecule has 110 valence electrons. The molecule has 4 nitrogen and oxygen atoms in total. The summed E-state index contributed by atoms with van der Waals surface area (Å²) in [7, 11) is 0. The largest absolute Gasteiger partial charge is 0.385 e. The highest BCUT2D eigenvalue weighted by Gasteiger charge is 2.18. The minimum atomic E-state index is -0.316. The smallest absolute Gasteiger partial charge is 0.274 e. The third-order valence-corrected chi connectivity index (χ3v) is 4.51. The quantitative estimate of drug-likeness (QED) is 0.635. The molecule has 0 heterocycles. The van der Waals surface area contributed by atoms with Gasteiger partial charge in [-0.3, -0.25) is 10.1 Å². The Bertz CT molecular complexity index is 466. The zero-order chi connectivity index (χ0) is 14.5. The maximum absolute atomic E-state index is 10.9. The monoisotopic (exact) mass is 276 g/mol. The van der Waals surface area contributed by atoms with Gasteiger partial charge in [-0.2, -0.15) is 0 Å². The summed E-state index contributed by atoms with van der Waals surface area (Å²) in [5.41, 5.74) is 1.82. The van der Waals surface area contributed by atoms with Crippen LogP contribution >= 0.6 is 0 Å². The van der Waals surface area contributed by atoms with Gasteiger partial charge in [-0.1, -0.05) is 38.7 Å². The molecule has 0 atom stereocenters. The van der Waals surface area contributed by atoms with E-state index in [1.54, 1.807) is 12.1 Å². The van der Waals surface area contributed by atoms with E-state index in [2.05, 4.69) is 12.2 Å². The van der Waals surface area contributed by atoms with Crippen LogP contribution in [0.3, 0.4) is 0 Å². The van der Waals surface area contributed by atoms with Crippen molar-refractivity contribution in [1.29, 1.82) is 0 Å². The van der Waals surface area contributed by atoms with Crippen LogP contribution in [-0.2, 0) is 0 Å². The Hall–Kier alpha value is -1.58. The maximum atomic E-state index is 10.9. The molecular formula is C16H24N2O2. The minimum absolute atomic E-state index is 0.196. The van der Waals surface area contributed by atoms with E-state index in [1.807, 2.05) is 13.0 Å². The number of hydrogen-bond acceptors (Lipinski definition) is 3. The Labute approximate surface area is 120 Å². The second-order valence-corrected chi connectivity index (χ2v) is 6.05. The average molecular weight is 276 g/mol. The van der Waals surface area contributed by atoms with Gasteiger partial charge in [-0.05, 0) is 31.2 Å². The van der Waals surface area contributed by atoms with Crippen molar-refractivity contribution in [2.75, 3.05) is 11.9 Å². The van der Waals surface area contributed by atoms with Crippen LogP contribution in [-0.4, -0.2) is 11.5 Å². The first-order chi connectivity index (χ1) is 9.58. The molecule has 1 aromatic rings. The molecule has 1 N–H and O–H groups in total. The summed E-state index contributed by atoms with van der Waals surface area (Å²) in [5.74, 6) is 1.70. The molecule has 2 rings (SSSR count). The molecule has 20 heavy (non-hydrogen) atoms. The maximum Gasteiger partial charge on any atom is 0.274 e. The van der Waals surface area contributed by atoms with E-state index in [0.717, 1.165) is 36.1 Å². The molecule has 4 heteroatoms. The van der Waals surface area contributed by atoms with Crippen molar-refractivity contribution in [3.63, 3.8) is 0 Å². The van der Waals surface area contributed by atoms with Gasteiger partial charge in [0, 0.05) is 23.9 Å². The molecule has 1 aliphatic rings. The molecule has 0 unspecified atom stereocenters. The zero-order valence-electron chi connectivity index (χ0n) is 12.4. The summed E-state index contributed by atoms with van der Waals surface area (Å²) in [5, 5.41) is 14.3. The Balaban J connectivity index is 1.85. The van der Waals surface area contributed by atoms with Crippen molar-refractivity contribution < 1.29 is 4.92 Å². The zero-order valence-corrected chi connectivity index (χ0v) is 12.4. The third-order valence-electron chi connectivity index (χ3n) is 4.51. The van der Waals surface area contributed by atoms with Crippen LogP contribution in [0, 0.1) is 28.9 Å². The van der Waals surface area contributed by atoms with Crippen LogP contribution in [0.5, 0.6) is 0 Å². The number of nitrogens with zero attached hydrogens (tertiary/aromatic N) is 1. The van der Waals surface area contributed by atoms with Crippen LogP contribution in [0.25, 0.3) is 0 Å². The fraction of sp³-hybridized carbons (Fsp3) is 0.625. The van der Waals surface area contributed by atoms with Crippen LogP contribution in [0.4, 0.5) is 11.4 Å². The lowest BCUT2D eigenvalue weighted by Crippen LogP contribution is -2.16. The number of rotatable bonds is 5. The molecule has 1 saturated carbocycles. The van der Waals surface area contributed by atoms with Gasteiger partial charge in [0.05, 0.1) is 4.92 Å². The Morgan fingerprint density at radius 3 is 2.65 bits per heavy atom. The Kier molecular flexibility index (Phi) is 4.99. The number of nitro groups is 1. The van der Waals surface area contributed by atoms with E-state index < -0.39 is 0 Å². The molecule has 0 saturated heterocycles. The van der Waals surface area contributed by atoms with Crippen molar-refractivity contribution in [2.45, 2.75) is 46.0 Å². The predicted molar refractivity (Wildman–Crippen MR) is 82.1 cm³/mol. The molecule has 0 bridgehead atoms. The molecule has 1 fully saturated rings. The van der Waals surface area contributed by atoms with E-state index >= 15 is 0 Å². The number of benzene rings is 1. The summed E-state index contributed by atoms with van der Waals surface area (Å²) in [4.78, 5) is 10.6. The van der Waals surface area contributed by atoms with Crippen molar-refractivity contribution in [3.05, 3.63) is 33.9 Å². The topological polar surface area (TPSA) is 55.2 Å². The highest BCUT2D eigenvalue weighted by atomic mass is 16.6. The molecule has 0 aromatic heterocycles. The van der Waals surface area contributed by atoms with Gasteiger partial charge in [0.25, 0.3) is 5.69 Å². The number of hydrogen-bond donors (Lipinski definition) is 1. The van der Waals surface area contributed by atoms with E-state index in [1.165, 1.54) is 25.7 Å². The van der Waals surface area contributed by atoms with Gasteiger partial charge < -0.3 is 5.32 Å². The van der Waals surface area contributed by atoms with Crippen molar-refractivity contribution in [1.82, 2.24) is 0 Å². The highest BCUT2D eigenvalue weighted by molar-refractivity contribution is 5.59. The van der Waals surface area contributed by atoms with Crippen molar-refractivity contribution >= 4 is 11.4 Å². The lowest BCUT2D eigenvalue weighted by Gasteiger charge is -2.26. The lowest BCUT2D eigenvalue weighted by molar-refractivity contribution is -0.385. The molecule has 1 aliphatic carbocycles. The molecule has 0 amide bonds. The van der Waals surface area contributed by atoms with Gasteiger partial charge in [-0.15, -0.1) is 0 Å². The third kappa shape index (κ3) is 3.71. The SMILES string of the molecule is Cc1c(NCCC2CCC(C)CC2)cccc1[N+](=O)[O-]. The molecule has 0 radical (unpaired) electrons. The van der Waals surface area contributed by atoms with Gasteiger partial charge >= 0.3 is 0 Å². The first-order valence-corrected chi connectivity index (χ1v) is 7.55. The lowest BCUT2D eigenvalue weighted by atomic mass is 9.81. The van der Waals surface area contributed by atoms with E-state index in [9.17, 15) is 10.1 Å². The first kappa shape index (κ1) is 14.8. The van der Waals surface area contributed by atoms with Crippen molar-refractivity contribution in [2.24, 2.45) is 11.8 Å². The fourth-order valence-electron chi connectivity index (χ4n) is 3.04. The summed E-state index contributed by atoms with van der Waals surface area (Å²) in [6, 6.07) is 5.23. The van der Waals surface area contributed by atoms with Crippen LogP contribution < -0.4 is 5.32 Å². The number of nitrogens with one attached hydrogen (secondary N) is 1. The summed E-state index contributed by atoms with van der Waals surface area (Å²) < 4.78 is 0. The van der Waals surface area contributed by atoms with Gasteiger partial charge in [-0.25, -0.2) is 0 Å². The standard InChI is InChI=1S/C16H24N2O2/c1-12-6-8-14(9-7-12)10-11-17-15-4-3-5-16(13(15)2)18(19)20/h3-5,12,14,17H,6-11H2,1-2H3. The molecule has 1 aromatic carbocycles. The summed E-state index contributed by atoms with van der Waals surface area (Å²) in [6.07, 6.45) is 6.52. The molecule has 0 aliphatic heterocycles. The Morgan fingerprint density at radius 1 is 1.30 bits per heavy atom. The summed E-state index contributed by atoms with van der Waals surface area (Å²) >= 11 is 0. The Morgan fingerprint density at radius 2 is 2.00 bits per heavy atom. The van der Waals surface area contributed by atoms with E-state index in [4.69, 9.17) is 0 Å². The fourth-order valence-corrected chi connectivity index (χ4v) is 3.04. The minimum Gasteiger partial charge on any atom is -0.385 e. The van der Waals surface area contributed by atoms with E-state index in [-0.39, 0.29) is 10.6 Å². The first-order valence-electron chi connectivity index (χ1n) is 7.55. The van der Waals surface area contributed by atoms with E-state index in [0.29, 0.717) is 0 Å². The normalized spacial score (nSPS) is 22.5. The highest BCUT2D eigenvalue weighted by Crippen LogP contribution is 2.30. The number of nitro benzene ring substituents is 1. The number of anilines is 1. The molecule has 0 spiro atoms. The summed E-state index contributed by atoms with van der Waals surface area (Å²) in [6.45, 7) is 5.05. The predicted octanol–water partition coefficient (Wildman–Crippen LogP) is 4.53. The molecular weight excluding hydrogens is 252 g/mol. The second kappa shape index (κ2) is 6.73. The van der Waals surface area contributed by atoms with Gasteiger partial charge in [0.1, 0.15) is 0 Å². The second-order valence-electron chi connectivity index (χ2n) is 6.05. The average Bonchev–Trinajstić information content (AvgIpc) is 2.42. The van der Waals surface area contributed by atoms with Crippen molar-refractivity contribution in [3.8, 4) is 0 Å². The van der Waals surface area contributed by atoms with Gasteiger partial charge in [0.2, 0.25) is 0 Å². The van der Waals surface area contributed by atoms with Crippen LogP contribution in [0.15, 0.2) is 18.2 Å². The van der Waals surface area contributed by atoms with Crippen LogP contribution in [0.1, 0.15) is 44.6 Å².